The Morgan fingerprint density at radius 3 is 2.22 bits per heavy atom. The molecule has 0 radical (unpaired) electrons. The summed E-state index contributed by atoms with van der Waals surface area (Å²) in [4.78, 5) is 10.7. The molecule has 0 aliphatic heterocycles. The van der Waals surface area contributed by atoms with Crippen LogP contribution in [0.4, 0.5) is 0 Å². The van der Waals surface area contributed by atoms with Crippen molar-refractivity contribution in [2.45, 2.75) is 19.9 Å². The summed E-state index contributed by atoms with van der Waals surface area (Å²) in [6.45, 7) is 3.44. The van der Waals surface area contributed by atoms with Crippen molar-refractivity contribution in [2.24, 2.45) is 0 Å². The molecule has 0 aromatic heterocycles. The normalized spacial score (nSPS) is 13.9. The standard InChI is InChI=1S/C6H14N2O/c1-5(6(2)9)8(4)7-3/h5,7H,1-4H3/t5-/m1/s1. The smallest absolute Gasteiger partial charge is 0.148 e. The van der Waals surface area contributed by atoms with Crippen LogP contribution in [0.3, 0.4) is 0 Å². The van der Waals surface area contributed by atoms with Crippen LogP contribution in [0.1, 0.15) is 13.8 Å². The zero-order valence-electron chi connectivity index (χ0n) is 6.43. The fraction of sp³-hybridized carbons (Fsp3) is 0.833. The molecule has 54 valence electrons. The summed E-state index contributed by atoms with van der Waals surface area (Å²) in [6, 6.07) is -0.0324. The molecule has 3 heteroatoms. The molecule has 3 nitrogen and oxygen atoms in total. The minimum atomic E-state index is -0.0324. The average molecular weight is 130 g/mol. The third-order valence-corrected chi connectivity index (χ3v) is 1.52. The summed E-state index contributed by atoms with van der Waals surface area (Å²) >= 11 is 0. The van der Waals surface area contributed by atoms with Crippen LogP contribution in [0.5, 0.6) is 0 Å². The second-order valence-corrected chi connectivity index (χ2v) is 2.12. The van der Waals surface area contributed by atoms with E-state index in [2.05, 4.69) is 5.43 Å². The van der Waals surface area contributed by atoms with Gasteiger partial charge in [-0.3, -0.25) is 10.2 Å². The van der Waals surface area contributed by atoms with E-state index in [9.17, 15) is 4.79 Å². The molecule has 0 bridgehead atoms. The third-order valence-electron chi connectivity index (χ3n) is 1.52. The first-order valence-corrected chi connectivity index (χ1v) is 3.00. The Hall–Kier alpha value is -0.410. The summed E-state index contributed by atoms with van der Waals surface area (Å²) in [5, 5.41) is 1.77. The minimum Gasteiger partial charge on any atom is -0.298 e. The van der Waals surface area contributed by atoms with Gasteiger partial charge in [-0.2, -0.15) is 0 Å². The Bertz CT molecular complexity index is 103. The molecule has 9 heavy (non-hydrogen) atoms. The molecule has 0 rings (SSSR count). The molecule has 0 saturated heterocycles. The van der Waals surface area contributed by atoms with E-state index < -0.39 is 0 Å². The van der Waals surface area contributed by atoms with Crippen LogP contribution < -0.4 is 5.43 Å². The molecule has 1 atom stereocenters. The zero-order chi connectivity index (χ0) is 7.44. The van der Waals surface area contributed by atoms with Crippen molar-refractivity contribution >= 4 is 5.78 Å². The number of likely N-dealkylation sites (N-methyl/N-ethyl adjacent to an activating group) is 1. The molecule has 0 spiro atoms. The molecule has 0 saturated carbocycles. The molecular weight excluding hydrogens is 116 g/mol. The van der Waals surface area contributed by atoms with Gasteiger partial charge in [0.05, 0.1) is 6.04 Å². The van der Waals surface area contributed by atoms with E-state index in [0.29, 0.717) is 0 Å². The van der Waals surface area contributed by atoms with Crippen molar-refractivity contribution in [3.05, 3.63) is 0 Å². The molecule has 0 aromatic rings. The number of ketones is 1. The van der Waals surface area contributed by atoms with E-state index in [1.165, 1.54) is 0 Å². The summed E-state index contributed by atoms with van der Waals surface area (Å²) in [6.07, 6.45) is 0. The molecule has 0 aromatic carbocycles. The lowest BCUT2D eigenvalue weighted by Crippen LogP contribution is -2.42. The van der Waals surface area contributed by atoms with Gasteiger partial charge in [-0.15, -0.1) is 0 Å². The summed E-state index contributed by atoms with van der Waals surface area (Å²) < 4.78 is 0. The van der Waals surface area contributed by atoms with Crippen LogP contribution >= 0.6 is 0 Å². The lowest BCUT2D eigenvalue weighted by atomic mass is 10.2. The maximum Gasteiger partial charge on any atom is 0.148 e. The molecular formula is C6H14N2O. The van der Waals surface area contributed by atoms with Crippen molar-refractivity contribution in [3.63, 3.8) is 0 Å². The molecule has 0 aliphatic rings. The highest BCUT2D eigenvalue weighted by Crippen LogP contribution is 1.90. The largest absolute Gasteiger partial charge is 0.298 e. The molecule has 0 aliphatic carbocycles. The second kappa shape index (κ2) is 3.58. The van der Waals surface area contributed by atoms with E-state index in [4.69, 9.17) is 0 Å². The van der Waals surface area contributed by atoms with Gasteiger partial charge in [-0.1, -0.05) is 0 Å². The summed E-state index contributed by atoms with van der Waals surface area (Å²) in [5.74, 6) is 0.173. The highest BCUT2D eigenvalue weighted by atomic mass is 16.1. The first kappa shape index (κ1) is 8.59. The van der Waals surface area contributed by atoms with Gasteiger partial charge in [-0.05, 0) is 20.9 Å². The predicted octanol–water partition coefficient (Wildman–Crippen LogP) is 0.0301. The van der Waals surface area contributed by atoms with Crippen LogP contribution in [-0.2, 0) is 4.79 Å². The number of hydrogen-bond acceptors (Lipinski definition) is 3. The first-order valence-electron chi connectivity index (χ1n) is 3.00. The van der Waals surface area contributed by atoms with E-state index in [-0.39, 0.29) is 11.8 Å². The van der Waals surface area contributed by atoms with Crippen LogP contribution in [0.15, 0.2) is 0 Å². The van der Waals surface area contributed by atoms with Crippen molar-refractivity contribution in [3.8, 4) is 0 Å². The van der Waals surface area contributed by atoms with Crippen LogP contribution in [0, 0.1) is 0 Å². The van der Waals surface area contributed by atoms with Crippen LogP contribution in [0.25, 0.3) is 0 Å². The Balaban J connectivity index is 3.72. The number of rotatable bonds is 3. The fourth-order valence-electron chi connectivity index (χ4n) is 0.466. The highest BCUT2D eigenvalue weighted by molar-refractivity contribution is 5.80. The molecule has 0 unspecified atom stereocenters. The third kappa shape index (κ3) is 2.58. The lowest BCUT2D eigenvalue weighted by Gasteiger charge is -2.20. The van der Waals surface area contributed by atoms with Crippen LogP contribution in [-0.4, -0.2) is 30.9 Å². The fourth-order valence-corrected chi connectivity index (χ4v) is 0.466. The van der Waals surface area contributed by atoms with E-state index >= 15 is 0 Å². The number of nitrogens with one attached hydrogen (secondary N) is 1. The number of hydrogen-bond donors (Lipinski definition) is 1. The molecule has 0 amide bonds. The van der Waals surface area contributed by atoms with Gasteiger partial charge in [0.25, 0.3) is 0 Å². The van der Waals surface area contributed by atoms with Gasteiger partial charge in [0.15, 0.2) is 0 Å². The average Bonchev–Trinajstić information content (AvgIpc) is 1.84. The quantitative estimate of drug-likeness (QED) is 0.547. The summed E-state index contributed by atoms with van der Waals surface area (Å²) in [7, 11) is 3.63. The van der Waals surface area contributed by atoms with Crippen LogP contribution in [0.2, 0.25) is 0 Å². The van der Waals surface area contributed by atoms with Crippen molar-refractivity contribution < 1.29 is 4.79 Å². The van der Waals surface area contributed by atoms with Gasteiger partial charge >= 0.3 is 0 Å². The van der Waals surface area contributed by atoms with Gasteiger partial charge in [0, 0.05) is 7.05 Å². The minimum absolute atomic E-state index is 0.0324. The van der Waals surface area contributed by atoms with E-state index in [1.54, 1.807) is 19.0 Å². The van der Waals surface area contributed by atoms with Gasteiger partial charge in [0.2, 0.25) is 0 Å². The number of carbonyl (C=O) groups excluding carboxylic acids is 1. The second-order valence-electron chi connectivity index (χ2n) is 2.12. The number of carbonyl (C=O) groups is 1. The van der Waals surface area contributed by atoms with Crippen molar-refractivity contribution in [2.75, 3.05) is 14.1 Å². The lowest BCUT2D eigenvalue weighted by molar-refractivity contribution is -0.121. The molecule has 0 heterocycles. The Kier molecular flexibility index (Phi) is 3.42. The Morgan fingerprint density at radius 1 is 1.67 bits per heavy atom. The van der Waals surface area contributed by atoms with Gasteiger partial charge in [0.1, 0.15) is 5.78 Å². The van der Waals surface area contributed by atoms with E-state index in [0.717, 1.165) is 0 Å². The van der Waals surface area contributed by atoms with E-state index in [1.807, 2.05) is 14.0 Å². The SMILES string of the molecule is CNN(C)[C@H](C)C(C)=O. The maximum atomic E-state index is 10.7. The molecule has 0 fully saturated rings. The predicted molar refractivity (Wildman–Crippen MR) is 37.0 cm³/mol. The van der Waals surface area contributed by atoms with Crippen molar-refractivity contribution in [1.82, 2.24) is 10.4 Å². The topological polar surface area (TPSA) is 32.3 Å². The first-order chi connectivity index (χ1) is 4.09. The van der Waals surface area contributed by atoms with Gasteiger partial charge in [-0.25, -0.2) is 5.01 Å². The Labute approximate surface area is 56.0 Å². The van der Waals surface area contributed by atoms with Gasteiger partial charge < -0.3 is 0 Å². The van der Waals surface area contributed by atoms with Crippen molar-refractivity contribution in [1.29, 1.82) is 0 Å². The monoisotopic (exact) mass is 130 g/mol. The summed E-state index contributed by atoms with van der Waals surface area (Å²) in [5.41, 5.74) is 2.86. The molecule has 1 N–H and O–H groups in total. The maximum absolute atomic E-state index is 10.7. The number of nitrogens with zero attached hydrogens (tertiary/aromatic N) is 1. The highest BCUT2D eigenvalue weighted by Gasteiger charge is 2.10. The number of Topliss-reactive ketones (excluding diaryl/α,β-unsaturated/α-hetero) is 1. The zero-order valence-corrected chi connectivity index (χ0v) is 6.43. The Morgan fingerprint density at radius 2 is 2.11 bits per heavy atom. The number of hydrazine groups is 1.